The Kier molecular flexibility index (Phi) is 4.23. The lowest BCUT2D eigenvalue weighted by atomic mass is 10.0. The van der Waals surface area contributed by atoms with Crippen LogP contribution >= 0.6 is 0 Å². The zero-order valence-corrected chi connectivity index (χ0v) is 15.5. The Hall–Kier alpha value is -2.69. The molecule has 1 aromatic carbocycles. The zero-order chi connectivity index (χ0) is 18.3. The fourth-order valence-corrected chi connectivity index (χ4v) is 3.97. The van der Waals surface area contributed by atoms with Crippen LogP contribution in [0.1, 0.15) is 47.4 Å². The van der Waals surface area contributed by atoms with Gasteiger partial charge in [-0.05, 0) is 38.8 Å². The van der Waals surface area contributed by atoms with Crippen LogP contribution in [-0.4, -0.2) is 26.7 Å². The smallest absolute Gasteiger partial charge is 0.252 e. The maximum atomic E-state index is 13.0. The van der Waals surface area contributed by atoms with E-state index >= 15 is 0 Å². The van der Waals surface area contributed by atoms with E-state index in [2.05, 4.69) is 10.4 Å². The molecule has 0 spiro atoms. The van der Waals surface area contributed by atoms with Gasteiger partial charge in [0.25, 0.3) is 5.91 Å². The van der Waals surface area contributed by atoms with Crippen molar-refractivity contribution in [2.75, 3.05) is 0 Å². The number of carbonyl (C=O) groups is 1. The first-order valence-corrected chi connectivity index (χ1v) is 9.26. The number of aromatic nitrogens is 3. The molecule has 5 nitrogen and oxygen atoms in total. The van der Waals surface area contributed by atoms with Crippen LogP contribution in [0, 0.1) is 13.8 Å². The first-order valence-electron chi connectivity index (χ1n) is 9.26. The number of hydrogen-bond donors (Lipinski definition) is 1. The second-order valence-electron chi connectivity index (χ2n) is 7.20. The molecule has 26 heavy (non-hydrogen) atoms. The molecule has 0 saturated heterocycles. The molecule has 1 aliphatic rings. The molecule has 4 rings (SSSR count). The molecule has 0 radical (unpaired) electrons. The molecule has 1 N–H and O–H groups in total. The van der Waals surface area contributed by atoms with Crippen molar-refractivity contribution in [2.45, 2.75) is 45.6 Å². The Morgan fingerprint density at radius 3 is 2.62 bits per heavy atom. The van der Waals surface area contributed by atoms with Gasteiger partial charge in [0.2, 0.25) is 0 Å². The van der Waals surface area contributed by atoms with Crippen molar-refractivity contribution in [3.05, 3.63) is 47.3 Å². The van der Waals surface area contributed by atoms with Crippen LogP contribution < -0.4 is 5.32 Å². The van der Waals surface area contributed by atoms with E-state index in [1.54, 1.807) is 0 Å². The largest absolute Gasteiger partial charge is 0.349 e. The van der Waals surface area contributed by atoms with Gasteiger partial charge in [-0.2, -0.15) is 5.10 Å². The molecular formula is C21H24N4O. The minimum absolute atomic E-state index is 0.00375. The lowest BCUT2D eigenvalue weighted by Crippen LogP contribution is -2.32. The first kappa shape index (κ1) is 16.8. The molecule has 134 valence electrons. The van der Waals surface area contributed by atoms with Gasteiger partial charge in [0, 0.05) is 29.7 Å². The van der Waals surface area contributed by atoms with Crippen LogP contribution in [0.2, 0.25) is 0 Å². The summed E-state index contributed by atoms with van der Waals surface area (Å²) in [4.78, 5) is 17.8. The van der Waals surface area contributed by atoms with E-state index in [0.717, 1.165) is 46.4 Å². The van der Waals surface area contributed by atoms with Crippen molar-refractivity contribution < 1.29 is 4.79 Å². The van der Waals surface area contributed by atoms with Gasteiger partial charge in [0.15, 0.2) is 0 Å². The maximum Gasteiger partial charge on any atom is 0.252 e. The van der Waals surface area contributed by atoms with Crippen LogP contribution in [0.3, 0.4) is 0 Å². The fraction of sp³-hybridized carbons (Fsp3) is 0.381. The van der Waals surface area contributed by atoms with Crippen LogP contribution in [0.4, 0.5) is 0 Å². The highest BCUT2D eigenvalue weighted by atomic mass is 16.1. The van der Waals surface area contributed by atoms with Crippen molar-refractivity contribution in [2.24, 2.45) is 7.05 Å². The third-order valence-electron chi connectivity index (χ3n) is 5.42. The molecule has 3 aromatic rings. The number of carbonyl (C=O) groups excluding carboxylic acids is 1. The maximum absolute atomic E-state index is 13.0. The highest BCUT2D eigenvalue weighted by Crippen LogP contribution is 2.29. The predicted molar refractivity (Wildman–Crippen MR) is 103 cm³/mol. The summed E-state index contributed by atoms with van der Waals surface area (Å²) >= 11 is 0. The SMILES string of the molecule is Cc1nn(C)c(C)c1-c1cc(C(=O)NC2CCCC2)c2ccccc2n1. The van der Waals surface area contributed by atoms with Crippen molar-refractivity contribution >= 4 is 16.8 Å². The average Bonchev–Trinajstić information content (AvgIpc) is 3.22. The number of rotatable bonds is 3. The Morgan fingerprint density at radius 1 is 1.19 bits per heavy atom. The fourth-order valence-electron chi connectivity index (χ4n) is 3.97. The molecule has 2 heterocycles. The number of benzene rings is 1. The summed E-state index contributed by atoms with van der Waals surface area (Å²) in [5.74, 6) is -0.00375. The molecule has 5 heteroatoms. The van der Waals surface area contributed by atoms with Gasteiger partial charge in [0.05, 0.1) is 22.5 Å². The third-order valence-corrected chi connectivity index (χ3v) is 5.42. The van der Waals surface area contributed by atoms with E-state index in [1.165, 1.54) is 12.8 Å². The standard InChI is InChI=1S/C21H24N4O/c1-13-20(14(2)25(3)24-13)19-12-17(16-10-6-7-11-18(16)23-19)21(26)22-15-8-4-5-9-15/h6-7,10-12,15H,4-5,8-9H2,1-3H3,(H,22,26). The lowest BCUT2D eigenvalue weighted by molar-refractivity contribution is 0.0939. The third kappa shape index (κ3) is 2.87. The van der Waals surface area contributed by atoms with Crippen molar-refractivity contribution in [1.82, 2.24) is 20.1 Å². The summed E-state index contributed by atoms with van der Waals surface area (Å²) in [6.07, 6.45) is 4.54. The Bertz CT molecular complexity index is 983. The highest BCUT2D eigenvalue weighted by molar-refractivity contribution is 6.07. The van der Waals surface area contributed by atoms with Crippen molar-refractivity contribution in [1.29, 1.82) is 0 Å². The number of nitrogens with one attached hydrogen (secondary N) is 1. The van der Waals surface area contributed by atoms with Crippen LogP contribution in [0.5, 0.6) is 0 Å². The normalized spacial score (nSPS) is 14.9. The van der Waals surface area contributed by atoms with Crippen molar-refractivity contribution in [3.8, 4) is 11.3 Å². The molecule has 0 atom stereocenters. The van der Waals surface area contributed by atoms with E-state index in [1.807, 2.05) is 55.9 Å². The molecule has 0 bridgehead atoms. The quantitative estimate of drug-likeness (QED) is 0.780. The molecule has 1 saturated carbocycles. The topological polar surface area (TPSA) is 59.8 Å². The van der Waals surface area contributed by atoms with E-state index < -0.39 is 0 Å². The number of aryl methyl sites for hydroxylation is 2. The van der Waals surface area contributed by atoms with E-state index in [0.29, 0.717) is 11.6 Å². The van der Waals surface area contributed by atoms with Crippen LogP contribution in [0.25, 0.3) is 22.2 Å². The second-order valence-corrected chi connectivity index (χ2v) is 7.20. The molecule has 2 aromatic heterocycles. The van der Waals surface area contributed by atoms with E-state index in [-0.39, 0.29) is 5.91 Å². The Labute approximate surface area is 153 Å². The monoisotopic (exact) mass is 348 g/mol. The minimum atomic E-state index is -0.00375. The summed E-state index contributed by atoms with van der Waals surface area (Å²) in [6, 6.07) is 10.1. The molecular weight excluding hydrogens is 324 g/mol. The Balaban J connectivity index is 1.84. The van der Waals surface area contributed by atoms with Gasteiger partial charge in [-0.1, -0.05) is 31.0 Å². The minimum Gasteiger partial charge on any atom is -0.349 e. The van der Waals surface area contributed by atoms with Gasteiger partial charge < -0.3 is 5.32 Å². The van der Waals surface area contributed by atoms with Gasteiger partial charge in [-0.3, -0.25) is 9.48 Å². The highest BCUT2D eigenvalue weighted by Gasteiger charge is 2.21. The summed E-state index contributed by atoms with van der Waals surface area (Å²) in [5, 5.41) is 8.61. The summed E-state index contributed by atoms with van der Waals surface area (Å²) in [6.45, 7) is 4.02. The number of amides is 1. The molecule has 1 fully saturated rings. The van der Waals surface area contributed by atoms with Gasteiger partial charge >= 0.3 is 0 Å². The number of nitrogens with zero attached hydrogens (tertiary/aromatic N) is 3. The number of para-hydroxylation sites is 1. The first-order chi connectivity index (χ1) is 12.5. The summed E-state index contributed by atoms with van der Waals surface area (Å²) in [5.41, 5.74) is 5.32. The lowest BCUT2D eigenvalue weighted by Gasteiger charge is -2.14. The summed E-state index contributed by atoms with van der Waals surface area (Å²) < 4.78 is 1.86. The van der Waals surface area contributed by atoms with Gasteiger partial charge in [-0.15, -0.1) is 0 Å². The van der Waals surface area contributed by atoms with Crippen LogP contribution in [0.15, 0.2) is 30.3 Å². The molecule has 1 aliphatic carbocycles. The van der Waals surface area contributed by atoms with Crippen LogP contribution in [-0.2, 0) is 7.05 Å². The molecule has 1 amide bonds. The average molecular weight is 348 g/mol. The molecule has 0 unspecified atom stereocenters. The number of pyridine rings is 1. The number of fused-ring (bicyclic) bond motifs is 1. The zero-order valence-electron chi connectivity index (χ0n) is 15.5. The second kappa shape index (κ2) is 6.56. The van der Waals surface area contributed by atoms with Gasteiger partial charge in [0.1, 0.15) is 0 Å². The Morgan fingerprint density at radius 2 is 1.92 bits per heavy atom. The van der Waals surface area contributed by atoms with Gasteiger partial charge in [-0.25, -0.2) is 4.98 Å². The number of hydrogen-bond acceptors (Lipinski definition) is 3. The van der Waals surface area contributed by atoms with Crippen molar-refractivity contribution in [3.63, 3.8) is 0 Å². The van der Waals surface area contributed by atoms with E-state index in [9.17, 15) is 4.79 Å². The predicted octanol–water partition coefficient (Wildman–Crippen LogP) is 3.92. The summed E-state index contributed by atoms with van der Waals surface area (Å²) in [7, 11) is 1.93. The van der Waals surface area contributed by atoms with E-state index in [4.69, 9.17) is 4.98 Å². The molecule has 0 aliphatic heterocycles.